The van der Waals surface area contributed by atoms with Crippen LogP contribution in [0.4, 0.5) is 0 Å². The van der Waals surface area contributed by atoms with Crippen molar-refractivity contribution in [1.82, 2.24) is 4.90 Å². The Bertz CT molecular complexity index is 684. The molecule has 0 saturated carbocycles. The van der Waals surface area contributed by atoms with Gasteiger partial charge in [-0.3, -0.25) is 4.90 Å². The molecule has 0 aromatic heterocycles. The van der Waals surface area contributed by atoms with Gasteiger partial charge in [-0.1, -0.05) is 50.2 Å². The zero-order chi connectivity index (χ0) is 18.4. The topological polar surface area (TPSA) is 32.7 Å². The molecule has 0 amide bonds. The first kappa shape index (κ1) is 18.9. The number of rotatable bonds is 7. The fraction of sp³-hybridized carbons (Fsp3) is 0.478. The van der Waals surface area contributed by atoms with Crippen molar-refractivity contribution in [3.8, 4) is 5.75 Å². The molecular weight excluding hydrogens is 322 g/mol. The minimum absolute atomic E-state index is 0.437. The van der Waals surface area contributed by atoms with Gasteiger partial charge < -0.3 is 9.84 Å². The fourth-order valence-electron chi connectivity index (χ4n) is 3.42. The van der Waals surface area contributed by atoms with E-state index in [0.29, 0.717) is 5.92 Å². The van der Waals surface area contributed by atoms with Crippen LogP contribution in [-0.4, -0.2) is 29.7 Å². The van der Waals surface area contributed by atoms with Crippen LogP contribution in [0.2, 0.25) is 0 Å². The van der Waals surface area contributed by atoms with Gasteiger partial charge in [0.1, 0.15) is 12.4 Å². The highest BCUT2D eigenvalue weighted by atomic mass is 16.5. The third-order valence-corrected chi connectivity index (χ3v) is 5.10. The summed E-state index contributed by atoms with van der Waals surface area (Å²) in [6.45, 7) is 8.24. The Morgan fingerprint density at radius 1 is 1.08 bits per heavy atom. The summed E-state index contributed by atoms with van der Waals surface area (Å²) in [7, 11) is 0. The molecule has 140 valence electrons. The molecule has 1 heterocycles. The molecule has 1 aliphatic heterocycles. The highest BCUT2D eigenvalue weighted by molar-refractivity contribution is 5.38. The number of hydrogen-bond donors (Lipinski definition) is 1. The molecule has 0 spiro atoms. The molecule has 3 heteroatoms. The van der Waals surface area contributed by atoms with Crippen LogP contribution in [0.3, 0.4) is 0 Å². The number of benzene rings is 2. The van der Waals surface area contributed by atoms with E-state index in [2.05, 4.69) is 36.9 Å². The molecule has 0 saturated heterocycles. The Hall–Kier alpha value is -1.84. The van der Waals surface area contributed by atoms with Gasteiger partial charge in [0.2, 0.25) is 0 Å². The summed E-state index contributed by atoms with van der Waals surface area (Å²) in [5.74, 6) is 1.68. The zero-order valence-electron chi connectivity index (χ0n) is 16.0. The maximum atomic E-state index is 10.6. The van der Waals surface area contributed by atoms with Crippen molar-refractivity contribution in [2.24, 2.45) is 5.92 Å². The third-order valence-electron chi connectivity index (χ3n) is 5.10. The van der Waals surface area contributed by atoms with E-state index in [-0.39, 0.29) is 0 Å². The Morgan fingerprint density at radius 2 is 1.88 bits per heavy atom. The van der Waals surface area contributed by atoms with E-state index in [4.69, 9.17) is 4.74 Å². The molecule has 1 aliphatic rings. The second kappa shape index (κ2) is 9.20. The normalized spacial score (nSPS) is 16.0. The summed E-state index contributed by atoms with van der Waals surface area (Å²) in [5.41, 5.74) is 3.46. The van der Waals surface area contributed by atoms with Gasteiger partial charge in [-0.2, -0.15) is 0 Å². The lowest BCUT2D eigenvalue weighted by atomic mass is 9.99. The van der Waals surface area contributed by atoms with Gasteiger partial charge in [0, 0.05) is 18.7 Å². The standard InChI is InChI=1S/C23H31NO2/c1-18(2)12-13-24-14-15-26-23-11-9-20(16-21(23)17-24)22(25)10-8-19-6-4-3-5-7-19/h3-7,9,11,16,18,22,25H,8,10,12-15,17H2,1-2H3. The minimum atomic E-state index is -0.437. The predicted octanol–water partition coefficient (Wildman–Crippen LogP) is 4.59. The van der Waals surface area contributed by atoms with E-state index in [1.807, 2.05) is 30.3 Å². The lowest BCUT2D eigenvalue weighted by Gasteiger charge is -2.20. The molecule has 1 unspecified atom stereocenters. The Labute approximate surface area is 157 Å². The number of fused-ring (bicyclic) bond motifs is 1. The van der Waals surface area contributed by atoms with Crippen LogP contribution < -0.4 is 4.74 Å². The minimum Gasteiger partial charge on any atom is -0.492 e. The van der Waals surface area contributed by atoms with Gasteiger partial charge >= 0.3 is 0 Å². The first-order chi connectivity index (χ1) is 12.6. The van der Waals surface area contributed by atoms with Gasteiger partial charge in [-0.05, 0) is 55.0 Å². The molecule has 3 nitrogen and oxygen atoms in total. The van der Waals surface area contributed by atoms with Crippen molar-refractivity contribution < 1.29 is 9.84 Å². The Morgan fingerprint density at radius 3 is 2.65 bits per heavy atom. The lowest BCUT2D eigenvalue weighted by molar-refractivity contribution is 0.167. The SMILES string of the molecule is CC(C)CCN1CCOc2ccc(C(O)CCc3ccccc3)cc2C1. The van der Waals surface area contributed by atoms with Crippen LogP contribution in [0.25, 0.3) is 0 Å². The van der Waals surface area contributed by atoms with Crippen molar-refractivity contribution in [3.05, 3.63) is 65.2 Å². The van der Waals surface area contributed by atoms with Crippen LogP contribution in [-0.2, 0) is 13.0 Å². The van der Waals surface area contributed by atoms with Gasteiger partial charge in [0.15, 0.2) is 0 Å². The monoisotopic (exact) mass is 353 g/mol. The molecule has 1 atom stereocenters. The van der Waals surface area contributed by atoms with Crippen molar-refractivity contribution in [2.45, 2.75) is 45.8 Å². The molecule has 26 heavy (non-hydrogen) atoms. The van der Waals surface area contributed by atoms with Crippen LogP contribution in [0.1, 0.15) is 49.5 Å². The van der Waals surface area contributed by atoms with Crippen molar-refractivity contribution >= 4 is 0 Å². The first-order valence-corrected chi connectivity index (χ1v) is 9.82. The van der Waals surface area contributed by atoms with Gasteiger partial charge in [-0.15, -0.1) is 0 Å². The summed E-state index contributed by atoms with van der Waals surface area (Å²) >= 11 is 0. The predicted molar refractivity (Wildman–Crippen MR) is 106 cm³/mol. The van der Waals surface area contributed by atoms with E-state index in [1.54, 1.807) is 0 Å². The van der Waals surface area contributed by atoms with E-state index >= 15 is 0 Å². The largest absolute Gasteiger partial charge is 0.492 e. The number of ether oxygens (including phenoxy) is 1. The number of hydrogen-bond acceptors (Lipinski definition) is 3. The summed E-state index contributed by atoms with van der Waals surface area (Å²) in [6, 6.07) is 16.5. The number of aryl methyl sites for hydroxylation is 1. The van der Waals surface area contributed by atoms with Crippen LogP contribution in [0, 0.1) is 5.92 Å². The van der Waals surface area contributed by atoms with E-state index in [1.165, 1.54) is 17.5 Å². The molecule has 1 N–H and O–H groups in total. The fourth-order valence-corrected chi connectivity index (χ4v) is 3.42. The average Bonchev–Trinajstić information content (AvgIpc) is 2.86. The second-order valence-electron chi connectivity index (χ2n) is 7.71. The highest BCUT2D eigenvalue weighted by Gasteiger charge is 2.18. The lowest BCUT2D eigenvalue weighted by Crippen LogP contribution is -2.27. The first-order valence-electron chi connectivity index (χ1n) is 9.82. The van der Waals surface area contributed by atoms with Crippen LogP contribution >= 0.6 is 0 Å². The highest BCUT2D eigenvalue weighted by Crippen LogP contribution is 2.28. The molecule has 2 aromatic carbocycles. The van der Waals surface area contributed by atoms with Crippen molar-refractivity contribution in [1.29, 1.82) is 0 Å². The molecule has 2 aromatic rings. The average molecular weight is 354 g/mol. The maximum absolute atomic E-state index is 10.6. The van der Waals surface area contributed by atoms with Crippen LogP contribution in [0.15, 0.2) is 48.5 Å². The number of nitrogens with zero attached hydrogens (tertiary/aromatic N) is 1. The molecule has 0 fully saturated rings. The van der Waals surface area contributed by atoms with Crippen LogP contribution in [0.5, 0.6) is 5.75 Å². The Kier molecular flexibility index (Phi) is 6.70. The zero-order valence-corrected chi connectivity index (χ0v) is 16.0. The van der Waals surface area contributed by atoms with E-state index in [0.717, 1.165) is 50.4 Å². The second-order valence-corrected chi connectivity index (χ2v) is 7.71. The number of aliphatic hydroxyl groups is 1. The molecule has 0 radical (unpaired) electrons. The summed E-state index contributed by atoms with van der Waals surface area (Å²) in [5, 5.41) is 10.6. The molecule has 0 aliphatic carbocycles. The molecule has 0 bridgehead atoms. The quantitative estimate of drug-likeness (QED) is 0.790. The van der Waals surface area contributed by atoms with E-state index in [9.17, 15) is 5.11 Å². The summed E-state index contributed by atoms with van der Waals surface area (Å²) < 4.78 is 5.93. The van der Waals surface area contributed by atoms with Gasteiger partial charge in [0.05, 0.1) is 6.10 Å². The molecular formula is C23H31NO2. The smallest absolute Gasteiger partial charge is 0.123 e. The van der Waals surface area contributed by atoms with Crippen molar-refractivity contribution in [3.63, 3.8) is 0 Å². The van der Waals surface area contributed by atoms with Crippen molar-refractivity contribution in [2.75, 3.05) is 19.7 Å². The molecule has 3 rings (SSSR count). The van der Waals surface area contributed by atoms with Gasteiger partial charge in [-0.25, -0.2) is 0 Å². The summed E-state index contributed by atoms with van der Waals surface area (Å²) in [4.78, 5) is 2.46. The van der Waals surface area contributed by atoms with Gasteiger partial charge in [0.25, 0.3) is 0 Å². The third kappa shape index (κ3) is 5.33. The summed E-state index contributed by atoms with van der Waals surface area (Å²) in [6.07, 6.45) is 2.39. The number of aliphatic hydroxyl groups excluding tert-OH is 1. The van der Waals surface area contributed by atoms with E-state index < -0.39 is 6.10 Å². The maximum Gasteiger partial charge on any atom is 0.123 e. The Balaban J connectivity index is 1.64.